The number of hydrogen-bond acceptors (Lipinski definition) is 4. The zero-order valence-electron chi connectivity index (χ0n) is 10.1. The second-order valence-corrected chi connectivity index (χ2v) is 4.39. The van der Waals surface area contributed by atoms with Crippen LogP contribution in [-0.2, 0) is 6.54 Å². The van der Waals surface area contributed by atoms with E-state index in [1.54, 1.807) is 12.4 Å². The van der Waals surface area contributed by atoms with Gasteiger partial charge in [-0.15, -0.1) is 0 Å². The summed E-state index contributed by atoms with van der Waals surface area (Å²) in [7, 11) is 0. The first-order chi connectivity index (χ1) is 8.66. The molecule has 0 spiro atoms. The van der Waals surface area contributed by atoms with Crippen LogP contribution in [0.3, 0.4) is 0 Å². The first-order valence-corrected chi connectivity index (χ1v) is 5.97. The number of nitrogens with zero attached hydrogens (tertiary/aromatic N) is 2. The van der Waals surface area contributed by atoms with Crippen LogP contribution in [0, 0.1) is 6.92 Å². The van der Waals surface area contributed by atoms with Crippen LogP contribution in [-0.4, -0.2) is 15.0 Å². The summed E-state index contributed by atoms with van der Waals surface area (Å²) < 4.78 is 0. The summed E-state index contributed by atoms with van der Waals surface area (Å²) in [6, 6.07) is 5.71. The third-order valence-electron chi connectivity index (χ3n) is 2.64. The number of anilines is 1. The Morgan fingerprint density at radius 1 is 1.39 bits per heavy atom. The molecule has 92 valence electrons. The van der Waals surface area contributed by atoms with E-state index in [-0.39, 0.29) is 0 Å². The normalized spacial score (nSPS) is 10.1. The SMILES string of the molecule is Cc1ccncc1CNc1ccnc(C(N)=S)c1. The van der Waals surface area contributed by atoms with E-state index in [1.807, 2.05) is 24.4 Å². The van der Waals surface area contributed by atoms with Crippen molar-refractivity contribution < 1.29 is 0 Å². The molecule has 18 heavy (non-hydrogen) atoms. The maximum absolute atomic E-state index is 5.55. The van der Waals surface area contributed by atoms with Crippen LogP contribution >= 0.6 is 12.2 Å². The molecule has 2 rings (SSSR count). The minimum Gasteiger partial charge on any atom is -0.388 e. The van der Waals surface area contributed by atoms with E-state index >= 15 is 0 Å². The highest BCUT2D eigenvalue weighted by Crippen LogP contribution is 2.11. The molecule has 0 aliphatic heterocycles. The van der Waals surface area contributed by atoms with E-state index in [0.717, 1.165) is 11.3 Å². The molecule has 2 heterocycles. The van der Waals surface area contributed by atoms with Gasteiger partial charge in [0.1, 0.15) is 4.99 Å². The Hall–Kier alpha value is -2.01. The maximum Gasteiger partial charge on any atom is 0.122 e. The molecule has 0 saturated heterocycles. The average Bonchev–Trinajstić information content (AvgIpc) is 2.38. The van der Waals surface area contributed by atoms with Gasteiger partial charge in [-0.2, -0.15) is 0 Å². The van der Waals surface area contributed by atoms with Crippen molar-refractivity contribution in [2.75, 3.05) is 5.32 Å². The van der Waals surface area contributed by atoms with Crippen LogP contribution in [0.5, 0.6) is 0 Å². The Morgan fingerprint density at radius 3 is 2.94 bits per heavy atom. The smallest absolute Gasteiger partial charge is 0.122 e. The molecule has 0 fully saturated rings. The van der Waals surface area contributed by atoms with Crippen LogP contribution in [0.15, 0.2) is 36.8 Å². The third-order valence-corrected chi connectivity index (χ3v) is 2.85. The van der Waals surface area contributed by atoms with E-state index in [0.29, 0.717) is 17.2 Å². The van der Waals surface area contributed by atoms with Crippen molar-refractivity contribution in [3.63, 3.8) is 0 Å². The lowest BCUT2D eigenvalue weighted by atomic mass is 10.1. The van der Waals surface area contributed by atoms with Crippen molar-refractivity contribution in [3.8, 4) is 0 Å². The molecular weight excluding hydrogens is 244 g/mol. The summed E-state index contributed by atoms with van der Waals surface area (Å²) in [4.78, 5) is 8.51. The number of rotatable bonds is 4. The summed E-state index contributed by atoms with van der Waals surface area (Å²) in [5, 5.41) is 3.30. The number of thiocarbonyl (C=S) groups is 1. The van der Waals surface area contributed by atoms with Crippen LogP contribution in [0.1, 0.15) is 16.8 Å². The lowest BCUT2D eigenvalue weighted by Crippen LogP contribution is -2.12. The van der Waals surface area contributed by atoms with Gasteiger partial charge < -0.3 is 11.1 Å². The van der Waals surface area contributed by atoms with Gasteiger partial charge in [0, 0.05) is 30.8 Å². The van der Waals surface area contributed by atoms with Gasteiger partial charge in [-0.3, -0.25) is 9.97 Å². The van der Waals surface area contributed by atoms with Gasteiger partial charge in [-0.25, -0.2) is 0 Å². The molecule has 5 heteroatoms. The van der Waals surface area contributed by atoms with Crippen molar-refractivity contribution >= 4 is 22.9 Å². The highest BCUT2D eigenvalue weighted by molar-refractivity contribution is 7.80. The van der Waals surface area contributed by atoms with Gasteiger partial charge in [-0.1, -0.05) is 12.2 Å². The number of hydrogen-bond donors (Lipinski definition) is 2. The molecule has 0 aromatic carbocycles. The fraction of sp³-hybridized carbons (Fsp3) is 0.154. The minimum absolute atomic E-state index is 0.302. The summed E-state index contributed by atoms with van der Waals surface area (Å²) >= 11 is 4.90. The first kappa shape index (κ1) is 12.4. The van der Waals surface area contributed by atoms with Gasteiger partial charge in [0.15, 0.2) is 0 Å². The largest absolute Gasteiger partial charge is 0.388 e. The molecule has 0 radical (unpaired) electrons. The van der Waals surface area contributed by atoms with Crippen molar-refractivity contribution in [3.05, 3.63) is 53.6 Å². The van der Waals surface area contributed by atoms with Gasteiger partial charge in [0.2, 0.25) is 0 Å². The molecule has 0 atom stereocenters. The molecule has 0 bridgehead atoms. The minimum atomic E-state index is 0.302. The van der Waals surface area contributed by atoms with Crippen LogP contribution in [0.4, 0.5) is 5.69 Å². The highest BCUT2D eigenvalue weighted by Gasteiger charge is 2.01. The molecule has 0 amide bonds. The molecule has 0 unspecified atom stereocenters. The van der Waals surface area contributed by atoms with Crippen molar-refractivity contribution in [2.45, 2.75) is 13.5 Å². The van der Waals surface area contributed by atoms with Crippen LogP contribution < -0.4 is 11.1 Å². The lowest BCUT2D eigenvalue weighted by molar-refractivity contribution is 1.08. The predicted molar refractivity (Wildman–Crippen MR) is 76.4 cm³/mol. The molecule has 2 aromatic rings. The highest BCUT2D eigenvalue weighted by atomic mass is 32.1. The zero-order valence-corrected chi connectivity index (χ0v) is 10.9. The molecule has 0 aliphatic carbocycles. The Morgan fingerprint density at radius 2 is 2.22 bits per heavy atom. The summed E-state index contributed by atoms with van der Waals surface area (Å²) in [5.41, 5.74) is 9.48. The molecule has 4 nitrogen and oxygen atoms in total. The Kier molecular flexibility index (Phi) is 3.84. The van der Waals surface area contributed by atoms with Gasteiger partial charge in [-0.05, 0) is 36.2 Å². The zero-order chi connectivity index (χ0) is 13.0. The van der Waals surface area contributed by atoms with E-state index in [9.17, 15) is 0 Å². The van der Waals surface area contributed by atoms with Crippen LogP contribution in [0.25, 0.3) is 0 Å². The summed E-state index contributed by atoms with van der Waals surface area (Å²) in [6.45, 7) is 2.77. The third kappa shape index (κ3) is 3.01. The summed E-state index contributed by atoms with van der Waals surface area (Å²) in [6.07, 6.45) is 5.33. The average molecular weight is 258 g/mol. The first-order valence-electron chi connectivity index (χ1n) is 5.56. The fourth-order valence-corrected chi connectivity index (χ4v) is 1.67. The predicted octanol–water partition coefficient (Wildman–Crippen LogP) is 2.03. The van der Waals surface area contributed by atoms with Crippen molar-refractivity contribution in [1.82, 2.24) is 9.97 Å². The number of pyridine rings is 2. The number of aromatic nitrogens is 2. The number of nitrogens with one attached hydrogen (secondary N) is 1. The van der Waals surface area contributed by atoms with Gasteiger partial charge in [0.05, 0.1) is 5.69 Å². The molecule has 0 saturated carbocycles. The monoisotopic (exact) mass is 258 g/mol. The van der Waals surface area contributed by atoms with E-state index < -0.39 is 0 Å². The fourth-order valence-electron chi connectivity index (χ4n) is 1.55. The second-order valence-electron chi connectivity index (χ2n) is 3.95. The molecule has 0 aliphatic rings. The molecule has 3 N–H and O–H groups in total. The quantitative estimate of drug-likeness (QED) is 0.822. The molecule has 2 aromatic heterocycles. The second kappa shape index (κ2) is 5.55. The van der Waals surface area contributed by atoms with Gasteiger partial charge >= 0.3 is 0 Å². The van der Waals surface area contributed by atoms with E-state index in [1.165, 1.54) is 5.56 Å². The summed E-state index contributed by atoms with van der Waals surface area (Å²) in [5.74, 6) is 0. The van der Waals surface area contributed by atoms with E-state index in [4.69, 9.17) is 18.0 Å². The standard InChI is InChI=1S/C13H14N4S/c1-9-2-4-15-7-10(9)8-17-11-3-5-16-12(6-11)13(14)18/h2-7H,8H2,1H3,(H2,14,18)(H,16,17). The Balaban J connectivity index is 2.09. The van der Waals surface area contributed by atoms with Crippen LogP contribution in [0.2, 0.25) is 0 Å². The van der Waals surface area contributed by atoms with Gasteiger partial charge in [0.25, 0.3) is 0 Å². The van der Waals surface area contributed by atoms with Crippen molar-refractivity contribution in [2.24, 2.45) is 5.73 Å². The van der Waals surface area contributed by atoms with E-state index in [2.05, 4.69) is 22.2 Å². The Labute approximate surface area is 111 Å². The van der Waals surface area contributed by atoms with Crippen molar-refractivity contribution in [1.29, 1.82) is 0 Å². The topological polar surface area (TPSA) is 63.8 Å². The molecular formula is C13H14N4S. The Bertz CT molecular complexity index is 568. The number of nitrogens with two attached hydrogens (primary N) is 1. The lowest BCUT2D eigenvalue weighted by Gasteiger charge is -2.09. The maximum atomic E-state index is 5.55. The number of aryl methyl sites for hydroxylation is 1.